The summed E-state index contributed by atoms with van der Waals surface area (Å²) in [4.78, 5) is 31.6. The zero-order chi connectivity index (χ0) is 18.1. The second kappa shape index (κ2) is 6.86. The number of hydrogen-bond donors (Lipinski definition) is 1. The highest BCUT2D eigenvalue weighted by Crippen LogP contribution is 2.34. The maximum Gasteiger partial charge on any atom is 0.308 e. The van der Waals surface area contributed by atoms with Crippen LogP contribution in [-0.2, 0) is 11.2 Å². The van der Waals surface area contributed by atoms with E-state index in [4.69, 9.17) is 27.9 Å². The second-order valence-electron chi connectivity index (χ2n) is 5.43. The average Bonchev–Trinajstić information content (AvgIpc) is 2.92. The van der Waals surface area contributed by atoms with Crippen LogP contribution >= 0.6 is 23.2 Å². The van der Waals surface area contributed by atoms with Crippen LogP contribution in [0.25, 0.3) is 10.9 Å². The largest absolute Gasteiger partial charge is 0.424 e. The highest BCUT2D eigenvalue weighted by Gasteiger charge is 2.25. The van der Waals surface area contributed by atoms with Crippen LogP contribution in [0.1, 0.15) is 35.6 Å². The summed E-state index contributed by atoms with van der Waals surface area (Å²) in [6, 6.07) is 6.77. The van der Waals surface area contributed by atoms with Gasteiger partial charge in [0.2, 0.25) is 5.78 Å². The van der Waals surface area contributed by atoms with Crippen LogP contribution in [0.5, 0.6) is 5.75 Å². The minimum atomic E-state index is -0.545. The lowest BCUT2D eigenvalue weighted by molar-refractivity contribution is -0.131. The SMILES string of the molecule is CCc1ccnc(C(=O)c2[nH]c3ccc(Cl)cc3c2OC(C)=O)c1Cl. The predicted molar refractivity (Wildman–Crippen MR) is 96.7 cm³/mol. The van der Waals surface area contributed by atoms with Gasteiger partial charge in [-0.1, -0.05) is 30.1 Å². The van der Waals surface area contributed by atoms with Crippen molar-refractivity contribution in [3.8, 4) is 5.75 Å². The van der Waals surface area contributed by atoms with Crippen molar-refractivity contribution in [1.82, 2.24) is 9.97 Å². The Hall–Kier alpha value is -2.37. The molecule has 0 fully saturated rings. The number of ketones is 1. The molecule has 0 atom stereocenters. The Labute approximate surface area is 153 Å². The van der Waals surface area contributed by atoms with Crippen LogP contribution in [0.4, 0.5) is 0 Å². The molecule has 1 aromatic carbocycles. The van der Waals surface area contributed by atoms with E-state index in [1.807, 2.05) is 6.92 Å². The molecular weight excluding hydrogens is 363 g/mol. The Morgan fingerprint density at radius 2 is 2.00 bits per heavy atom. The van der Waals surface area contributed by atoms with Gasteiger partial charge in [0.25, 0.3) is 0 Å². The fraction of sp³-hybridized carbons (Fsp3) is 0.167. The van der Waals surface area contributed by atoms with Crippen molar-refractivity contribution in [2.45, 2.75) is 20.3 Å². The lowest BCUT2D eigenvalue weighted by Gasteiger charge is -2.07. The maximum absolute atomic E-state index is 13.0. The van der Waals surface area contributed by atoms with Gasteiger partial charge in [-0.25, -0.2) is 0 Å². The van der Waals surface area contributed by atoms with E-state index in [1.54, 1.807) is 24.3 Å². The smallest absolute Gasteiger partial charge is 0.308 e. The predicted octanol–water partition coefficient (Wildman–Crippen LogP) is 4.59. The van der Waals surface area contributed by atoms with Crippen molar-refractivity contribution in [3.63, 3.8) is 0 Å². The molecule has 1 N–H and O–H groups in total. The number of aromatic amines is 1. The normalized spacial score (nSPS) is 10.9. The van der Waals surface area contributed by atoms with Crippen LogP contribution in [-0.4, -0.2) is 21.7 Å². The van der Waals surface area contributed by atoms with E-state index in [0.717, 1.165) is 5.56 Å². The van der Waals surface area contributed by atoms with E-state index in [1.165, 1.54) is 13.1 Å². The van der Waals surface area contributed by atoms with E-state index in [-0.39, 0.29) is 17.1 Å². The summed E-state index contributed by atoms with van der Waals surface area (Å²) < 4.78 is 5.27. The number of pyridine rings is 1. The number of ether oxygens (including phenoxy) is 1. The van der Waals surface area contributed by atoms with Crippen molar-refractivity contribution in [1.29, 1.82) is 0 Å². The Bertz CT molecular complexity index is 995. The minimum Gasteiger partial charge on any atom is -0.424 e. The first-order valence-electron chi connectivity index (χ1n) is 7.60. The number of halogens is 2. The number of esters is 1. The Morgan fingerprint density at radius 1 is 1.24 bits per heavy atom. The number of H-pyrrole nitrogens is 1. The summed E-state index contributed by atoms with van der Waals surface area (Å²) in [6.45, 7) is 3.20. The zero-order valence-corrected chi connectivity index (χ0v) is 15.0. The number of carbonyl (C=O) groups is 2. The fourth-order valence-corrected chi connectivity index (χ4v) is 3.09. The first kappa shape index (κ1) is 17.5. The Kier molecular flexibility index (Phi) is 4.79. The first-order chi connectivity index (χ1) is 11.9. The average molecular weight is 377 g/mol. The molecule has 3 aromatic rings. The molecule has 0 unspecified atom stereocenters. The van der Waals surface area contributed by atoms with E-state index >= 15 is 0 Å². The number of nitrogens with one attached hydrogen (secondary N) is 1. The number of fused-ring (bicyclic) bond motifs is 1. The summed E-state index contributed by atoms with van der Waals surface area (Å²) in [5, 5.41) is 1.29. The summed E-state index contributed by atoms with van der Waals surface area (Å²) in [6.07, 6.45) is 2.20. The van der Waals surface area contributed by atoms with Crippen molar-refractivity contribution in [2.75, 3.05) is 0 Å². The monoisotopic (exact) mass is 376 g/mol. The molecule has 25 heavy (non-hydrogen) atoms. The summed E-state index contributed by atoms with van der Waals surface area (Å²) in [5.41, 5.74) is 1.64. The molecule has 0 aliphatic heterocycles. The molecule has 0 bridgehead atoms. The molecule has 2 heterocycles. The number of aromatic nitrogens is 2. The van der Waals surface area contributed by atoms with Crippen LogP contribution in [0.3, 0.4) is 0 Å². The highest BCUT2D eigenvalue weighted by atomic mass is 35.5. The zero-order valence-electron chi connectivity index (χ0n) is 13.5. The van der Waals surface area contributed by atoms with Crippen LogP contribution < -0.4 is 4.74 Å². The fourth-order valence-electron chi connectivity index (χ4n) is 2.58. The van der Waals surface area contributed by atoms with Gasteiger partial charge in [-0.15, -0.1) is 0 Å². The van der Waals surface area contributed by atoms with E-state index in [2.05, 4.69) is 9.97 Å². The third-order valence-corrected chi connectivity index (χ3v) is 4.41. The second-order valence-corrected chi connectivity index (χ2v) is 6.24. The number of carbonyl (C=O) groups excluding carboxylic acids is 2. The maximum atomic E-state index is 13.0. The van der Waals surface area contributed by atoms with Crippen LogP contribution in [0, 0.1) is 0 Å². The van der Waals surface area contributed by atoms with Gasteiger partial charge in [0.05, 0.1) is 5.02 Å². The van der Waals surface area contributed by atoms with Gasteiger partial charge in [-0.3, -0.25) is 14.6 Å². The molecule has 0 spiro atoms. The first-order valence-corrected chi connectivity index (χ1v) is 8.35. The van der Waals surface area contributed by atoms with E-state index < -0.39 is 11.8 Å². The highest BCUT2D eigenvalue weighted by molar-refractivity contribution is 6.35. The lowest BCUT2D eigenvalue weighted by atomic mass is 10.1. The lowest BCUT2D eigenvalue weighted by Crippen LogP contribution is -2.10. The van der Waals surface area contributed by atoms with Crippen LogP contribution in [0.15, 0.2) is 30.5 Å². The summed E-state index contributed by atoms with van der Waals surface area (Å²) in [5.74, 6) is -0.880. The van der Waals surface area contributed by atoms with Crippen molar-refractivity contribution >= 4 is 45.9 Å². The molecule has 0 aliphatic rings. The molecule has 0 amide bonds. The van der Waals surface area contributed by atoms with Gasteiger partial charge in [0, 0.05) is 29.0 Å². The third kappa shape index (κ3) is 3.25. The molecule has 7 heteroatoms. The van der Waals surface area contributed by atoms with E-state index in [0.29, 0.717) is 27.4 Å². The van der Waals surface area contributed by atoms with Gasteiger partial charge >= 0.3 is 5.97 Å². The van der Waals surface area contributed by atoms with Gasteiger partial charge in [-0.05, 0) is 36.2 Å². The summed E-state index contributed by atoms with van der Waals surface area (Å²) in [7, 11) is 0. The topological polar surface area (TPSA) is 72.1 Å². The number of hydrogen-bond acceptors (Lipinski definition) is 4. The number of aryl methyl sites for hydroxylation is 1. The molecule has 2 aromatic heterocycles. The van der Waals surface area contributed by atoms with Crippen LogP contribution in [0.2, 0.25) is 10.0 Å². The molecule has 5 nitrogen and oxygen atoms in total. The van der Waals surface area contributed by atoms with Gasteiger partial charge < -0.3 is 9.72 Å². The third-order valence-electron chi connectivity index (χ3n) is 3.75. The molecule has 0 saturated carbocycles. The molecule has 0 saturated heterocycles. The molecule has 128 valence electrons. The van der Waals surface area contributed by atoms with Crippen molar-refractivity contribution < 1.29 is 14.3 Å². The van der Waals surface area contributed by atoms with Gasteiger partial charge in [0.1, 0.15) is 11.4 Å². The standard InChI is InChI=1S/C18H14Cl2N2O3/c1-3-10-6-7-21-15(14(10)20)17(24)16-18(25-9(2)23)12-8-11(19)4-5-13(12)22-16/h4-8,22H,3H2,1-2H3. The molecular formula is C18H14Cl2N2O3. The van der Waals surface area contributed by atoms with Crippen molar-refractivity contribution in [2.24, 2.45) is 0 Å². The van der Waals surface area contributed by atoms with E-state index in [9.17, 15) is 9.59 Å². The Balaban J connectivity index is 2.21. The quantitative estimate of drug-likeness (QED) is 0.533. The van der Waals surface area contributed by atoms with Gasteiger partial charge in [0.15, 0.2) is 5.75 Å². The number of benzene rings is 1. The minimum absolute atomic E-state index is 0.104. The molecule has 3 rings (SSSR count). The number of nitrogens with zero attached hydrogens (tertiary/aromatic N) is 1. The van der Waals surface area contributed by atoms with Gasteiger partial charge in [-0.2, -0.15) is 0 Å². The van der Waals surface area contributed by atoms with Crippen molar-refractivity contribution in [3.05, 3.63) is 57.5 Å². The molecule has 0 radical (unpaired) electrons. The summed E-state index contributed by atoms with van der Waals surface area (Å²) >= 11 is 12.3. The number of rotatable bonds is 4. The Morgan fingerprint density at radius 3 is 2.68 bits per heavy atom. The molecule has 0 aliphatic carbocycles.